The van der Waals surface area contributed by atoms with Crippen LogP contribution in [-0.4, -0.2) is 65.9 Å². The molecule has 0 spiro atoms. The van der Waals surface area contributed by atoms with E-state index in [9.17, 15) is 9.59 Å². The van der Waals surface area contributed by atoms with Gasteiger partial charge in [-0.15, -0.1) is 0 Å². The Morgan fingerprint density at radius 2 is 2.04 bits per heavy atom. The Balaban J connectivity index is 1.59. The monoisotopic (exact) mass is 388 g/mol. The van der Waals surface area contributed by atoms with Gasteiger partial charge in [0, 0.05) is 32.4 Å². The molecule has 1 unspecified atom stereocenters. The third-order valence-corrected chi connectivity index (χ3v) is 5.17. The second-order valence-corrected chi connectivity index (χ2v) is 7.27. The highest BCUT2D eigenvalue weighted by Gasteiger charge is 2.29. The summed E-state index contributed by atoms with van der Waals surface area (Å²) in [6.07, 6.45) is 5.80. The van der Waals surface area contributed by atoms with Crippen LogP contribution in [0.1, 0.15) is 17.0 Å². The summed E-state index contributed by atoms with van der Waals surface area (Å²) in [4.78, 5) is 33.7. The van der Waals surface area contributed by atoms with Crippen LogP contribution in [0.4, 0.5) is 5.82 Å². The normalized spacial score (nSPS) is 15.4. The van der Waals surface area contributed by atoms with Crippen molar-refractivity contribution in [2.75, 3.05) is 43.1 Å². The second kappa shape index (κ2) is 9.45. The predicted molar refractivity (Wildman–Crippen MR) is 106 cm³/mol. The van der Waals surface area contributed by atoms with Gasteiger partial charge in [0.05, 0.1) is 6.26 Å². The Labute approximate surface area is 163 Å². The van der Waals surface area contributed by atoms with Gasteiger partial charge in [0.25, 0.3) is 5.91 Å². The minimum absolute atomic E-state index is 0.0374. The Kier molecular flexibility index (Phi) is 6.75. The van der Waals surface area contributed by atoms with Gasteiger partial charge in [-0.25, -0.2) is 4.98 Å². The minimum Gasteiger partial charge on any atom is -0.459 e. The fourth-order valence-electron chi connectivity index (χ4n) is 3.05. The minimum atomic E-state index is -0.545. The largest absolute Gasteiger partial charge is 0.459 e. The standard InChI is InChI=1S/C19H24N4O3S/c1-27-14-7-15(21-18(24)16-5-4-13-26-16)19(25)23-11-9-22(10-12-23)17-6-2-3-8-20-17/h2-6,8,13,15H,7,9-12,14H2,1H3,(H,21,24). The number of piperazine rings is 1. The summed E-state index contributed by atoms with van der Waals surface area (Å²) in [6, 6.07) is 8.53. The van der Waals surface area contributed by atoms with E-state index >= 15 is 0 Å². The van der Waals surface area contributed by atoms with Crippen molar-refractivity contribution in [1.82, 2.24) is 15.2 Å². The van der Waals surface area contributed by atoms with Crippen molar-refractivity contribution in [3.63, 3.8) is 0 Å². The lowest BCUT2D eigenvalue weighted by atomic mass is 10.1. The number of carbonyl (C=O) groups excluding carboxylic acids is 2. The van der Waals surface area contributed by atoms with Gasteiger partial charge >= 0.3 is 0 Å². The summed E-state index contributed by atoms with van der Waals surface area (Å²) in [5.41, 5.74) is 0. The number of furan rings is 1. The second-order valence-electron chi connectivity index (χ2n) is 6.29. The number of hydrogen-bond donors (Lipinski definition) is 1. The van der Waals surface area contributed by atoms with Gasteiger partial charge in [-0.05, 0) is 42.7 Å². The molecule has 0 radical (unpaired) electrons. The average molecular weight is 388 g/mol. The number of pyridine rings is 1. The van der Waals surface area contributed by atoms with E-state index in [0.717, 1.165) is 24.7 Å². The third-order valence-electron chi connectivity index (χ3n) is 4.52. The van der Waals surface area contributed by atoms with Crippen molar-refractivity contribution in [3.8, 4) is 0 Å². The van der Waals surface area contributed by atoms with Gasteiger partial charge in [0.2, 0.25) is 5.91 Å². The van der Waals surface area contributed by atoms with Gasteiger partial charge in [-0.3, -0.25) is 9.59 Å². The molecule has 1 saturated heterocycles. The first-order chi connectivity index (χ1) is 13.2. The molecule has 27 heavy (non-hydrogen) atoms. The highest BCUT2D eigenvalue weighted by Crippen LogP contribution is 2.14. The smallest absolute Gasteiger partial charge is 0.287 e. The predicted octanol–water partition coefficient (Wildman–Crippen LogP) is 1.87. The van der Waals surface area contributed by atoms with E-state index < -0.39 is 6.04 Å². The summed E-state index contributed by atoms with van der Waals surface area (Å²) in [7, 11) is 0. The van der Waals surface area contributed by atoms with Crippen molar-refractivity contribution >= 4 is 29.4 Å². The molecule has 0 bridgehead atoms. The zero-order chi connectivity index (χ0) is 19.1. The summed E-state index contributed by atoms with van der Waals surface area (Å²) in [5.74, 6) is 1.55. The molecule has 1 N–H and O–H groups in total. The molecule has 2 aromatic rings. The SMILES string of the molecule is CSCCC(NC(=O)c1ccco1)C(=O)N1CCN(c2ccccn2)CC1. The summed E-state index contributed by atoms with van der Waals surface area (Å²) < 4.78 is 5.13. The highest BCUT2D eigenvalue weighted by atomic mass is 32.2. The summed E-state index contributed by atoms with van der Waals surface area (Å²) in [5, 5.41) is 2.83. The molecule has 0 aliphatic carbocycles. The van der Waals surface area contributed by atoms with E-state index in [2.05, 4.69) is 15.2 Å². The van der Waals surface area contributed by atoms with Gasteiger partial charge in [0.15, 0.2) is 5.76 Å². The molecule has 1 aliphatic rings. The van der Waals surface area contributed by atoms with Crippen LogP contribution in [0.3, 0.4) is 0 Å². The van der Waals surface area contributed by atoms with Crippen molar-refractivity contribution in [2.24, 2.45) is 0 Å². The number of hydrogen-bond acceptors (Lipinski definition) is 6. The number of anilines is 1. The van der Waals surface area contributed by atoms with E-state index in [4.69, 9.17) is 4.42 Å². The molecule has 1 aliphatic heterocycles. The van der Waals surface area contributed by atoms with Crippen molar-refractivity contribution < 1.29 is 14.0 Å². The topological polar surface area (TPSA) is 78.7 Å². The number of thioether (sulfide) groups is 1. The lowest BCUT2D eigenvalue weighted by molar-refractivity contribution is -0.133. The molecule has 3 rings (SSSR count). The Morgan fingerprint density at radius 1 is 1.22 bits per heavy atom. The first-order valence-corrected chi connectivity index (χ1v) is 10.4. The molecule has 2 amide bonds. The van der Waals surface area contributed by atoms with Crippen molar-refractivity contribution in [3.05, 3.63) is 48.6 Å². The number of rotatable bonds is 7. The number of nitrogens with zero attached hydrogens (tertiary/aromatic N) is 3. The maximum atomic E-state index is 13.0. The Bertz CT molecular complexity index is 731. The van der Waals surface area contributed by atoms with E-state index in [1.54, 1.807) is 30.1 Å². The summed E-state index contributed by atoms with van der Waals surface area (Å²) in [6.45, 7) is 2.68. The summed E-state index contributed by atoms with van der Waals surface area (Å²) >= 11 is 1.65. The molecule has 2 aromatic heterocycles. The zero-order valence-corrected chi connectivity index (χ0v) is 16.2. The van der Waals surface area contributed by atoms with Gasteiger partial charge in [-0.2, -0.15) is 11.8 Å². The van der Waals surface area contributed by atoms with Crippen LogP contribution in [0.5, 0.6) is 0 Å². The van der Waals surface area contributed by atoms with Crippen LogP contribution in [0, 0.1) is 0 Å². The fourth-order valence-corrected chi connectivity index (χ4v) is 3.52. The molecular formula is C19H24N4O3S. The van der Waals surface area contributed by atoms with E-state index in [-0.39, 0.29) is 17.6 Å². The molecule has 144 valence electrons. The number of aromatic nitrogens is 1. The van der Waals surface area contributed by atoms with Crippen LogP contribution in [-0.2, 0) is 4.79 Å². The maximum absolute atomic E-state index is 13.0. The number of carbonyl (C=O) groups is 2. The molecule has 8 heteroatoms. The van der Waals surface area contributed by atoms with Gasteiger partial charge < -0.3 is 19.5 Å². The quantitative estimate of drug-likeness (QED) is 0.780. The van der Waals surface area contributed by atoms with Crippen LogP contribution < -0.4 is 10.2 Å². The molecule has 1 atom stereocenters. The molecule has 3 heterocycles. The molecule has 1 fully saturated rings. The first-order valence-electron chi connectivity index (χ1n) is 8.97. The van der Waals surface area contributed by atoms with Crippen LogP contribution in [0.25, 0.3) is 0 Å². The van der Waals surface area contributed by atoms with E-state index in [1.165, 1.54) is 6.26 Å². The lowest BCUT2D eigenvalue weighted by Gasteiger charge is -2.37. The van der Waals surface area contributed by atoms with Crippen LogP contribution >= 0.6 is 11.8 Å². The third kappa shape index (κ3) is 5.03. The number of amides is 2. The average Bonchev–Trinajstić information content (AvgIpc) is 3.26. The Hall–Kier alpha value is -2.48. The van der Waals surface area contributed by atoms with Gasteiger partial charge in [0.1, 0.15) is 11.9 Å². The Morgan fingerprint density at radius 3 is 2.67 bits per heavy atom. The highest BCUT2D eigenvalue weighted by molar-refractivity contribution is 7.98. The zero-order valence-electron chi connectivity index (χ0n) is 15.3. The van der Waals surface area contributed by atoms with Crippen molar-refractivity contribution in [2.45, 2.75) is 12.5 Å². The van der Waals surface area contributed by atoms with E-state index in [0.29, 0.717) is 19.5 Å². The van der Waals surface area contributed by atoms with Crippen LogP contribution in [0.2, 0.25) is 0 Å². The molecular weight excluding hydrogens is 364 g/mol. The van der Waals surface area contributed by atoms with E-state index in [1.807, 2.05) is 29.4 Å². The lowest BCUT2D eigenvalue weighted by Crippen LogP contribution is -2.55. The molecule has 0 aromatic carbocycles. The first kappa shape index (κ1) is 19.3. The maximum Gasteiger partial charge on any atom is 0.287 e. The fraction of sp³-hybridized carbons (Fsp3) is 0.421. The van der Waals surface area contributed by atoms with Crippen molar-refractivity contribution in [1.29, 1.82) is 0 Å². The molecule has 7 nitrogen and oxygen atoms in total. The van der Waals surface area contributed by atoms with Gasteiger partial charge in [-0.1, -0.05) is 6.07 Å². The van der Waals surface area contributed by atoms with Crippen LogP contribution in [0.15, 0.2) is 47.2 Å². The molecule has 0 saturated carbocycles. The number of nitrogens with one attached hydrogen (secondary N) is 1.